The van der Waals surface area contributed by atoms with Crippen LogP contribution in [0.25, 0.3) is 0 Å². The van der Waals surface area contributed by atoms with Crippen molar-refractivity contribution in [3.63, 3.8) is 0 Å². The van der Waals surface area contributed by atoms with Gasteiger partial charge in [0.05, 0.1) is 20.3 Å². The third-order valence-corrected chi connectivity index (χ3v) is 4.67. The second kappa shape index (κ2) is 6.84. The summed E-state index contributed by atoms with van der Waals surface area (Å²) in [5.41, 5.74) is -0.135. The molecule has 0 radical (unpaired) electrons. The molecule has 0 saturated carbocycles. The van der Waals surface area contributed by atoms with Gasteiger partial charge in [-0.25, -0.2) is 9.48 Å². The predicted octanol–water partition coefficient (Wildman–Crippen LogP) is 3.91. The molecule has 146 valence electrons. The minimum absolute atomic E-state index is 0.192. The van der Waals surface area contributed by atoms with E-state index in [-0.39, 0.29) is 10.8 Å². The van der Waals surface area contributed by atoms with Crippen molar-refractivity contribution in [2.24, 2.45) is 0 Å². The lowest BCUT2D eigenvalue weighted by Crippen LogP contribution is -2.35. The van der Waals surface area contributed by atoms with Crippen molar-refractivity contribution in [2.45, 2.75) is 24.7 Å². The molecule has 3 rings (SSSR count). The fourth-order valence-electron chi connectivity index (χ4n) is 3.01. The Labute approximate surface area is 156 Å². The first-order valence-corrected chi connectivity index (χ1v) is 8.11. The Morgan fingerprint density at radius 3 is 2.56 bits per heavy atom. The van der Waals surface area contributed by atoms with E-state index in [9.17, 15) is 18.0 Å². The van der Waals surface area contributed by atoms with Crippen molar-refractivity contribution in [3.8, 4) is 11.5 Å². The first kappa shape index (κ1) is 19.2. The molecule has 0 aliphatic carbocycles. The number of carbonyl (C=O) groups is 1. The summed E-state index contributed by atoms with van der Waals surface area (Å²) in [6, 6.07) is 1.92. The van der Waals surface area contributed by atoms with Crippen LogP contribution in [-0.4, -0.2) is 41.3 Å². The number of halogens is 4. The molecular formula is C16H15ClF3N3O4. The number of carboxylic acid groups (broad SMARTS) is 1. The third-order valence-electron chi connectivity index (χ3n) is 4.31. The van der Waals surface area contributed by atoms with Crippen molar-refractivity contribution in [1.29, 1.82) is 0 Å². The van der Waals surface area contributed by atoms with Crippen LogP contribution in [0.3, 0.4) is 0 Å². The molecule has 11 heteroatoms. The van der Waals surface area contributed by atoms with E-state index in [1.807, 2.05) is 0 Å². The van der Waals surface area contributed by atoms with Crippen molar-refractivity contribution in [2.75, 3.05) is 19.5 Å². The average molecular weight is 406 g/mol. The van der Waals surface area contributed by atoms with Gasteiger partial charge in [-0.15, -0.1) is 0 Å². The Kier molecular flexibility index (Phi) is 4.85. The van der Waals surface area contributed by atoms with Gasteiger partial charge in [-0.05, 0) is 17.7 Å². The number of anilines is 1. The highest BCUT2D eigenvalue weighted by molar-refractivity contribution is 6.35. The summed E-state index contributed by atoms with van der Waals surface area (Å²) in [6.45, 7) is 0. The molecule has 2 N–H and O–H groups in total. The number of aromatic carboxylic acids is 1. The second-order valence-corrected chi connectivity index (χ2v) is 6.24. The summed E-state index contributed by atoms with van der Waals surface area (Å²) in [5.74, 6) is -0.910. The first-order chi connectivity index (χ1) is 12.7. The van der Waals surface area contributed by atoms with Crippen molar-refractivity contribution in [1.82, 2.24) is 9.78 Å². The van der Waals surface area contributed by atoms with Crippen LogP contribution in [0.4, 0.5) is 19.0 Å². The molecule has 1 aliphatic heterocycles. The van der Waals surface area contributed by atoms with E-state index in [2.05, 4.69) is 10.4 Å². The molecule has 2 aromatic rings. The molecule has 1 aromatic carbocycles. The lowest BCUT2D eigenvalue weighted by Gasteiger charge is -2.33. The van der Waals surface area contributed by atoms with E-state index in [0.29, 0.717) is 21.7 Å². The largest absolute Gasteiger partial charge is 0.493 e. The normalized spacial score (nSPS) is 19.2. The van der Waals surface area contributed by atoms with Crippen molar-refractivity contribution < 1.29 is 32.5 Å². The zero-order valence-electron chi connectivity index (χ0n) is 14.2. The number of benzene rings is 1. The lowest BCUT2D eigenvalue weighted by atomic mass is 9.96. The molecule has 0 fully saturated rings. The van der Waals surface area contributed by atoms with Gasteiger partial charge >= 0.3 is 12.1 Å². The highest BCUT2D eigenvalue weighted by Gasteiger charge is 2.48. The number of aromatic nitrogens is 2. The molecule has 0 spiro atoms. The number of hydrogen-bond donors (Lipinski definition) is 2. The summed E-state index contributed by atoms with van der Waals surface area (Å²) in [7, 11) is 2.86. The van der Waals surface area contributed by atoms with E-state index in [0.717, 1.165) is 0 Å². The van der Waals surface area contributed by atoms with Gasteiger partial charge in [0.1, 0.15) is 10.8 Å². The van der Waals surface area contributed by atoms with Gasteiger partial charge in [0.15, 0.2) is 23.2 Å². The molecule has 2 atom stereocenters. The maximum Gasteiger partial charge on any atom is 0.410 e. The smallest absolute Gasteiger partial charge is 0.410 e. The number of methoxy groups -OCH3 is 2. The maximum absolute atomic E-state index is 13.6. The minimum Gasteiger partial charge on any atom is -0.493 e. The van der Waals surface area contributed by atoms with Crippen LogP contribution < -0.4 is 14.8 Å². The van der Waals surface area contributed by atoms with E-state index >= 15 is 0 Å². The van der Waals surface area contributed by atoms with Crippen LogP contribution in [0, 0.1) is 0 Å². The summed E-state index contributed by atoms with van der Waals surface area (Å²) in [4.78, 5) is 11.2. The maximum atomic E-state index is 13.6. The number of hydrogen-bond acceptors (Lipinski definition) is 5. The topological polar surface area (TPSA) is 85.6 Å². The number of carboxylic acids is 1. The van der Waals surface area contributed by atoms with Gasteiger partial charge in [-0.2, -0.15) is 18.3 Å². The monoisotopic (exact) mass is 405 g/mol. The summed E-state index contributed by atoms with van der Waals surface area (Å²) >= 11 is 5.97. The van der Waals surface area contributed by atoms with Crippen LogP contribution in [-0.2, 0) is 0 Å². The van der Waals surface area contributed by atoms with Crippen LogP contribution in [0.1, 0.15) is 34.6 Å². The van der Waals surface area contributed by atoms with Gasteiger partial charge < -0.3 is 19.9 Å². The fraction of sp³-hybridized carbons (Fsp3) is 0.375. The molecule has 27 heavy (non-hydrogen) atoms. The molecule has 0 unspecified atom stereocenters. The second-order valence-electron chi connectivity index (χ2n) is 5.87. The Morgan fingerprint density at radius 2 is 2.00 bits per heavy atom. The van der Waals surface area contributed by atoms with Crippen molar-refractivity contribution >= 4 is 23.4 Å². The van der Waals surface area contributed by atoms with Gasteiger partial charge in [-0.3, -0.25) is 0 Å². The van der Waals surface area contributed by atoms with Crippen LogP contribution in [0.5, 0.6) is 11.5 Å². The SMILES string of the molecule is COc1ccc([C@H]2C[C@@H](C(F)(F)F)n3nc(C(=O)O)c(Cl)c3N2)cc1OC. The number of ether oxygens (including phenoxy) is 2. The number of alkyl halides is 3. The Morgan fingerprint density at radius 1 is 1.33 bits per heavy atom. The quantitative estimate of drug-likeness (QED) is 0.802. The van der Waals surface area contributed by atoms with Crippen LogP contribution in [0.2, 0.25) is 5.02 Å². The molecule has 0 amide bonds. The van der Waals surface area contributed by atoms with E-state index in [1.165, 1.54) is 14.2 Å². The molecule has 7 nitrogen and oxygen atoms in total. The van der Waals surface area contributed by atoms with E-state index < -0.39 is 36.3 Å². The first-order valence-electron chi connectivity index (χ1n) is 7.73. The van der Waals surface area contributed by atoms with E-state index in [1.54, 1.807) is 18.2 Å². The summed E-state index contributed by atoms with van der Waals surface area (Å²) in [5, 5.41) is 15.1. The Bertz CT molecular complexity index is 885. The van der Waals surface area contributed by atoms with E-state index in [4.69, 9.17) is 26.2 Å². The highest BCUT2D eigenvalue weighted by atomic mass is 35.5. The summed E-state index contributed by atoms with van der Waals surface area (Å²) in [6.07, 6.45) is -5.04. The lowest BCUT2D eigenvalue weighted by molar-refractivity contribution is -0.173. The fourth-order valence-corrected chi connectivity index (χ4v) is 3.27. The summed E-state index contributed by atoms with van der Waals surface area (Å²) < 4.78 is 51.7. The molecule has 0 saturated heterocycles. The van der Waals surface area contributed by atoms with Crippen molar-refractivity contribution in [3.05, 3.63) is 34.5 Å². The molecular weight excluding hydrogens is 391 g/mol. The average Bonchev–Trinajstić information content (AvgIpc) is 2.96. The Balaban J connectivity index is 2.07. The number of nitrogens with one attached hydrogen (secondary N) is 1. The van der Waals surface area contributed by atoms with Crippen LogP contribution in [0.15, 0.2) is 18.2 Å². The van der Waals surface area contributed by atoms with Crippen LogP contribution >= 0.6 is 11.6 Å². The predicted molar refractivity (Wildman–Crippen MR) is 89.8 cm³/mol. The number of nitrogens with zero attached hydrogens (tertiary/aromatic N) is 2. The molecule has 2 heterocycles. The highest BCUT2D eigenvalue weighted by Crippen LogP contribution is 2.47. The molecule has 0 bridgehead atoms. The number of rotatable bonds is 4. The van der Waals surface area contributed by atoms with Gasteiger partial charge in [0.2, 0.25) is 0 Å². The minimum atomic E-state index is -4.64. The zero-order valence-corrected chi connectivity index (χ0v) is 14.9. The van der Waals surface area contributed by atoms with Gasteiger partial charge in [0, 0.05) is 6.42 Å². The van der Waals surface area contributed by atoms with Gasteiger partial charge in [-0.1, -0.05) is 17.7 Å². The van der Waals surface area contributed by atoms with Gasteiger partial charge in [0.25, 0.3) is 0 Å². The molecule has 1 aliphatic rings. The third kappa shape index (κ3) is 3.36. The zero-order chi connectivity index (χ0) is 19.9. The Hall–Kier alpha value is -2.62. The standard InChI is InChI=1S/C16H15ClF3N3O4/c1-26-9-4-3-7(5-10(9)27-2)8-6-11(16(18,19)20)23-14(21-8)12(17)13(22-23)15(24)25/h3-5,8,11,21H,6H2,1-2H3,(H,24,25)/t8-,11+/m1/s1. The molecule has 1 aromatic heterocycles. The number of fused-ring (bicyclic) bond motifs is 1.